The first-order valence-corrected chi connectivity index (χ1v) is 7.16. The Morgan fingerprint density at radius 1 is 1.19 bits per heavy atom. The smallest absolute Gasteiger partial charge is 0.318 e. The maximum atomic E-state index is 11.6. The van der Waals surface area contributed by atoms with Crippen LogP contribution in [0.5, 0.6) is 0 Å². The van der Waals surface area contributed by atoms with E-state index < -0.39 is 6.29 Å². The molecule has 0 aliphatic rings. The second kappa shape index (κ2) is 9.96. The SMILES string of the molecule is CCOC(CNC(=O)N/C=C/c1ccc(C)cc1)OCC. The monoisotopic (exact) mass is 292 g/mol. The summed E-state index contributed by atoms with van der Waals surface area (Å²) < 4.78 is 10.7. The standard InChI is InChI=1S/C16H24N2O3/c1-4-20-15(21-5-2)12-18-16(19)17-11-10-14-8-6-13(3)7-9-14/h6-11,15H,4-5,12H2,1-3H3,(H2,17,18,19)/b11-10+. The third kappa shape index (κ3) is 7.48. The molecule has 5 heteroatoms. The van der Waals surface area contributed by atoms with E-state index in [9.17, 15) is 4.79 Å². The molecule has 0 aromatic heterocycles. The van der Waals surface area contributed by atoms with Crippen molar-refractivity contribution in [1.29, 1.82) is 0 Å². The lowest BCUT2D eigenvalue weighted by Crippen LogP contribution is -2.39. The van der Waals surface area contributed by atoms with Gasteiger partial charge in [-0.1, -0.05) is 29.8 Å². The molecule has 0 unspecified atom stereocenters. The number of aryl methyl sites for hydroxylation is 1. The first-order valence-electron chi connectivity index (χ1n) is 7.16. The number of rotatable bonds is 8. The van der Waals surface area contributed by atoms with Crippen molar-refractivity contribution < 1.29 is 14.3 Å². The topological polar surface area (TPSA) is 59.6 Å². The lowest BCUT2D eigenvalue weighted by atomic mass is 10.1. The van der Waals surface area contributed by atoms with Crippen molar-refractivity contribution in [2.45, 2.75) is 27.1 Å². The van der Waals surface area contributed by atoms with Crippen LogP contribution in [0, 0.1) is 6.92 Å². The van der Waals surface area contributed by atoms with E-state index in [1.54, 1.807) is 6.20 Å². The molecular formula is C16H24N2O3. The van der Waals surface area contributed by atoms with Crippen LogP contribution in [0.25, 0.3) is 6.08 Å². The summed E-state index contributed by atoms with van der Waals surface area (Å²) in [7, 11) is 0. The van der Waals surface area contributed by atoms with E-state index in [-0.39, 0.29) is 6.03 Å². The van der Waals surface area contributed by atoms with E-state index in [4.69, 9.17) is 9.47 Å². The molecule has 0 atom stereocenters. The van der Waals surface area contributed by atoms with Gasteiger partial charge in [0.15, 0.2) is 6.29 Å². The molecule has 0 spiro atoms. The van der Waals surface area contributed by atoms with E-state index in [2.05, 4.69) is 10.6 Å². The van der Waals surface area contributed by atoms with Gasteiger partial charge in [-0.05, 0) is 32.4 Å². The van der Waals surface area contributed by atoms with Gasteiger partial charge < -0.3 is 20.1 Å². The summed E-state index contributed by atoms with van der Waals surface area (Å²) in [5, 5.41) is 5.34. The highest BCUT2D eigenvalue weighted by Crippen LogP contribution is 2.04. The van der Waals surface area contributed by atoms with Crippen molar-refractivity contribution in [2.75, 3.05) is 19.8 Å². The molecular weight excluding hydrogens is 268 g/mol. The summed E-state index contributed by atoms with van der Waals surface area (Å²) >= 11 is 0. The Morgan fingerprint density at radius 3 is 2.38 bits per heavy atom. The molecule has 0 saturated carbocycles. The molecule has 1 aromatic rings. The predicted molar refractivity (Wildman–Crippen MR) is 83.8 cm³/mol. The Balaban J connectivity index is 2.31. The van der Waals surface area contributed by atoms with Crippen LogP contribution in [0.3, 0.4) is 0 Å². The van der Waals surface area contributed by atoms with Crippen molar-refractivity contribution >= 4 is 12.1 Å². The molecule has 0 heterocycles. The van der Waals surface area contributed by atoms with Gasteiger partial charge >= 0.3 is 6.03 Å². The minimum atomic E-state index is -0.410. The third-order valence-electron chi connectivity index (χ3n) is 2.70. The minimum absolute atomic E-state index is 0.289. The number of carbonyl (C=O) groups excluding carboxylic acids is 1. The van der Waals surface area contributed by atoms with Crippen LogP contribution in [0.2, 0.25) is 0 Å². The molecule has 2 amide bonds. The highest BCUT2D eigenvalue weighted by Gasteiger charge is 2.08. The fraction of sp³-hybridized carbons (Fsp3) is 0.438. The number of amides is 2. The zero-order valence-corrected chi connectivity index (χ0v) is 12.9. The van der Waals surface area contributed by atoms with Crippen molar-refractivity contribution in [1.82, 2.24) is 10.6 Å². The van der Waals surface area contributed by atoms with Gasteiger partial charge in [0.25, 0.3) is 0 Å². The molecule has 0 radical (unpaired) electrons. The van der Waals surface area contributed by atoms with Gasteiger partial charge in [0.1, 0.15) is 0 Å². The summed E-state index contributed by atoms with van der Waals surface area (Å²) in [4.78, 5) is 11.6. The number of nitrogens with one attached hydrogen (secondary N) is 2. The highest BCUT2D eigenvalue weighted by molar-refractivity contribution is 5.75. The lowest BCUT2D eigenvalue weighted by molar-refractivity contribution is -0.131. The number of carbonyl (C=O) groups is 1. The van der Waals surface area contributed by atoms with Gasteiger partial charge in [0.2, 0.25) is 0 Å². The van der Waals surface area contributed by atoms with Crippen LogP contribution in [-0.2, 0) is 9.47 Å². The quantitative estimate of drug-likeness (QED) is 0.724. The third-order valence-corrected chi connectivity index (χ3v) is 2.70. The van der Waals surface area contributed by atoms with Crippen molar-refractivity contribution in [3.8, 4) is 0 Å². The summed E-state index contributed by atoms with van der Waals surface area (Å²) in [5.41, 5.74) is 2.23. The Hall–Kier alpha value is -1.85. The Kier molecular flexibility index (Phi) is 8.16. The van der Waals surface area contributed by atoms with Crippen molar-refractivity contribution in [3.63, 3.8) is 0 Å². The molecule has 1 rings (SSSR count). The van der Waals surface area contributed by atoms with E-state index >= 15 is 0 Å². The Labute approximate surface area is 126 Å². The molecule has 116 valence electrons. The van der Waals surface area contributed by atoms with Crippen molar-refractivity contribution in [2.24, 2.45) is 0 Å². The van der Waals surface area contributed by atoms with Crippen molar-refractivity contribution in [3.05, 3.63) is 41.6 Å². The van der Waals surface area contributed by atoms with Crippen LogP contribution < -0.4 is 10.6 Å². The second-order valence-electron chi connectivity index (χ2n) is 4.44. The molecule has 0 saturated heterocycles. The summed E-state index contributed by atoms with van der Waals surface area (Å²) in [6.45, 7) is 7.20. The molecule has 0 aliphatic carbocycles. The van der Waals surface area contributed by atoms with Gasteiger partial charge in [0.05, 0.1) is 6.54 Å². The zero-order valence-electron chi connectivity index (χ0n) is 12.9. The van der Waals surface area contributed by atoms with Crippen LogP contribution >= 0.6 is 0 Å². The highest BCUT2D eigenvalue weighted by atomic mass is 16.7. The molecule has 1 aromatic carbocycles. The van der Waals surface area contributed by atoms with E-state index in [0.29, 0.717) is 19.8 Å². The van der Waals surface area contributed by atoms with Crippen LogP contribution in [0.15, 0.2) is 30.5 Å². The van der Waals surface area contributed by atoms with Gasteiger partial charge in [-0.3, -0.25) is 0 Å². The fourth-order valence-electron chi connectivity index (χ4n) is 1.66. The van der Waals surface area contributed by atoms with Gasteiger partial charge in [-0.25, -0.2) is 4.79 Å². The van der Waals surface area contributed by atoms with Gasteiger partial charge in [-0.2, -0.15) is 0 Å². The predicted octanol–water partition coefficient (Wildman–Crippen LogP) is 2.66. The van der Waals surface area contributed by atoms with E-state index in [1.807, 2.05) is 51.1 Å². The van der Waals surface area contributed by atoms with E-state index in [0.717, 1.165) is 5.56 Å². The molecule has 0 fully saturated rings. The number of ether oxygens (including phenoxy) is 2. The summed E-state index contributed by atoms with van der Waals surface area (Å²) in [6.07, 6.45) is 3.03. The number of benzene rings is 1. The number of hydrogen-bond donors (Lipinski definition) is 2. The number of hydrogen-bond acceptors (Lipinski definition) is 3. The molecule has 5 nitrogen and oxygen atoms in total. The maximum absolute atomic E-state index is 11.6. The van der Waals surface area contributed by atoms with Crippen LogP contribution in [0.1, 0.15) is 25.0 Å². The molecule has 0 aliphatic heterocycles. The molecule has 21 heavy (non-hydrogen) atoms. The summed E-state index contributed by atoms with van der Waals surface area (Å²) in [5.74, 6) is 0. The van der Waals surface area contributed by atoms with Crippen LogP contribution in [-0.4, -0.2) is 32.1 Å². The number of urea groups is 1. The zero-order chi connectivity index (χ0) is 15.5. The summed E-state index contributed by atoms with van der Waals surface area (Å²) in [6, 6.07) is 7.74. The normalized spacial score (nSPS) is 11.0. The van der Waals surface area contributed by atoms with Crippen LogP contribution in [0.4, 0.5) is 4.79 Å². The first-order chi connectivity index (χ1) is 10.2. The van der Waals surface area contributed by atoms with Gasteiger partial charge in [0, 0.05) is 19.4 Å². The second-order valence-corrected chi connectivity index (χ2v) is 4.44. The minimum Gasteiger partial charge on any atom is -0.351 e. The Bertz CT molecular complexity index is 437. The first kappa shape index (κ1) is 17.2. The van der Waals surface area contributed by atoms with Gasteiger partial charge in [-0.15, -0.1) is 0 Å². The lowest BCUT2D eigenvalue weighted by Gasteiger charge is -2.17. The fourth-order valence-corrected chi connectivity index (χ4v) is 1.66. The maximum Gasteiger partial charge on any atom is 0.318 e. The average molecular weight is 292 g/mol. The average Bonchev–Trinajstić information content (AvgIpc) is 2.47. The molecule has 0 bridgehead atoms. The Morgan fingerprint density at radius 2 is 1.81 bits per heavy atom. The molecule has 2 N–H and O–H groups in total. The van der Waals surface area contributed by atoms with E-state index in [1.165, 1.54) is 5.56 Å². The largest absolute Gasteiger partial charge is 0.351 e.